The molecule has 2 aromatic heterocycles. The Morgan fingerprint density at radius 3 is 2.45 bits per heavy atom. The molecule has 112 valence electrons. The average molecular weight is 325 g/mol. The number of hydrogen-bond acceptors (Lipinski definition) is 3. The van der Waals surface area contributed by atoms with E-state index in [2.05, 4.69) is 9.97 Å². The Hall–Kier alpha value is -2.34. The van der Waals surface area contributed by atoms with Crippen molar-refractivity contribution < 1.29 is 17.9 Å². The molecule has 0 fully saturated rings. The highest BCUT2D eigenvalue weighted by atomic mass is 35.5. The number of nitrogens with zero attached hydrogens (tertiary/aromatic N) is 2. The van der Waals surface area contributed by atoms with Crippen LogP contribution < -0.4 is 4.74 Å². The number of hydrogen-bond donors (Lipinski definition) is 0. The van der Waals surface area contributed by atoms with Crippen molar-refractivity contribution in [2.45, 2.75) is 6.18 Å². The highest BCUT2D eigenvalue weighted by Gasteiger charge is 2.30. The van der Waals surface area contributed by atoms with Crippen molar-refractivity contribution in [2.75, 3.05) is 0 Å². The molecular weight excluding hydrogens is 317 g/mol. The zero-order valence-corrected chi connectivity index (χ0v) is 11.7. The molecule has 3 rings (SSSR count). The molecule has 7 heteroatoms. The van der Waals surface area contributed by atoms with Gasteiger partial charge in [0.25, 0.3) is 0 Å². The van der Waals surface area contributed by atoms with Gasteiger partial charge in [0.1, 0.15) is 10.9 Å². The van der Waals surface area contributed by atoms with E-state index in [4.69, 9.17) is 16.3 Å². The van der Waals surface area contributed by atoms with Gasteiger partial charge in [0.2, 0.25) is 5.88 Å². The van der Waals surface area contributed by atoms with Crippen molar-refractivity contribution in [1.82, 2.24) is 9.97 Å². The zero-order chi connectivity index (χ0) is 15.7. The Kier molecular flexibility index (Phi) is 3.62. The van der Waals surface area contributed by atoms with Crippen molar-refractivity contribution in [3.63, 3.8) is 0 Å². The summed E-state index contributed by atoms with van der Waals surface area (Å²) < 4.78 is 43.6. The molecule has 0 aliphatic carbocycles. The molecule has 1 aromatic carbocycles. The van der Waals surface area contributed by atoms with Crippen LogP contribution in [0, 0.1) is 0 Å². The summed E-state index contributed by atoms with van der Waals surface area (Å²) in [5.41, 5.74) is -0.797. The molecule has 0 aliphatic rings. The maximum absolute atomic E-state index is 12.7. The molecule has 0 saturated carbocycles. The van der Waals surface area contributed by atoms with Crippen LogP contribution in [0.2, 0.25) is 5.15 Å². The summed E-state index contributed by atoms with van der Waals surface area (Å²) in [6.07, 6.45) is -1.43. The van der Waals surface area contributed by atoms with E-state index in [1.807, 2.05) is 0 Å². The van der Waals surface area contributed by atoms with Gasteiger partial charge in [-0.3, -0.25) is 0 Å². The Labute approximate surface area is 128 Å². The van der Waals surface area contributed by atoms with Gasteiger partial charge in [0.15, 0.2) is 0 Å². The summed E-state index contributed by atoms with van der Waals surface area (Å²) in [4.78, 5) is 7.96. The molecule has 0 radical (unpaired) electrons. The number of halogens is 4. The Bertz CT molecular complexity index is 831. The van der Waals surface area contributed by atoms with Crippen molar-refractivity contribution in [2.24, 2.45) is 0 Å². The maximum Gasteiger partial charge on any atom is 0.416 e. The van der Waals surface area contributed by atoms with E-state index in [1.54, 1.807) is 12.1 Å². The van der Waals surface area contributed by atoms with Gasteiger partial charge < -0.3 is 4.74 Å². The van der Waals surface area contributed by atoms with Crippen LogP contribution in [-0.4, -0.2) is 9.97 Å². The molecule has 0 atom stereocenters. The molecule has 0 unspecified atom stereocenters. The van der Waals surface area contributed by atoms with Crippen LogP contribution in [-0.2, 0) is 6.18 Å². The van der Waals surface area contributed by atoms with Crippen molar-refractivity contribution in [1.29, 1.82) is 0 Å². The number of benzene rings is 1. The summed E-state index contributed by atoms with van der Waals surface area (Å²) in [6, 6.07) is 7.98. The molecule has 3 nitrogen and oxygen atoms in total. The van der Waals surface area contributed by atoms with Crippen molar-refractivity contribution in [3.05, 3.63) is 59.5 Å². The molecule has 0 spiro atoms. The van der Waals surface area contributed by atoms with E-state index >= 15 is 0 Å². The fraction of sp³-hybridized carbons (Fsp3) is 0.0667. The maximum atomic E-state index is 12.7. The van der Waals surface area contributed by atoms with Crippen molar-refractivity contribution >= 4 is 22.4 Å². The van der Waals surface area contributed by atoms with Gasteiger partial charge >= 0.3 is 6.18 Å². The second kappa shape index (κ2) is 5.46. The van der Waals surface area contributed by atoms with E-state index < -0.39 is 11.7 Å². The molecular formula is C15H8ClF3N2O. The predicted octanol–water partition coefficient (Wildman–Crippen LogP) is 5.09. The van der Waals surface area contributed by atoms with Crippen LogP contribution in [0.3, 0.4) is 0 Å². The number of alkyl halides is 3. The first-order valence-electron chi connectivity index (χ1n) is 6.19. The number of aromatic nitrogens is 2. The second-order valence-corrected chi connectivity index (χ2v) is 4.80. The normalized spacial score (nSPS) is 11.6. The molecule has 0 N–H and O–H groups in total. The lowest BCUT2D eigenvalue weighted by Gasteiger charge is -2.11. The molecule has 0 aliphatic heterocycles. The van der Waals surface area contributed by atoms with Crippen LogP contribution >= 0.6 is 11.6 Å². The van der Waals surface area contributed by atoms with Gasteiger partial charge in [-0.05, 0) is 35.7 Å². The van der Waals surface area contributed by atoms with E-state index in [-0.39, 0.29) is 16.8 Å². The van der Waals surface area contributed by atoms with Gasteiger partial charge in [-0.2, -0.15) is 13.2 Å². The van der Waals surface area contributed by atoms with Gasteiger partial charge in [-0.25, -0.2) is 9.97 Å². The third-order valence-electron chi connectivity index (χ3n) is 2.97. The van der Waals surface area contributed by atoms with E-state index in [0.29, 0.717) is 5.39 Å². The number of ether oxygens (including phenoxy) is 1. The summed E-state index contributed by atoms with van der Waals surface area (Å²) in [5, 5.41) is 1.36. The third kappa shape index (κ3) is 2.82. The fourth-order valence-electron chi connectivity index (χ4n) is 1.98. The van der Waals surface area contributed by atoms with Gasteiger partial charge in [-0.15, -0.1) is 0 Å². The average Bonchev–Trinajstić information content (AvgIpc) is 2.47. The molecule has 0 amide bonds. The highest BCUT2D eigenvalue weighted by Crippen LogP contribution is 2.35. The van der Waals surface area contributed by atoms with Crippen LogP contribution in [0.1, 0.15) is 5.56 Å². The molecule has 3 aromatic rings. The largest absolute Gasteiger partial charge is 0.438 e. The minimum atomic E-state index is -4.44. The molecule has 22 heavy (non-hydrogen) atoms. The van der Waals surface area contributed by atoms with Gasteiger partial charge in [-0.1, -0.05) is 17.7 Å². The van der Waals surface area contributed by atoms with Gasteiger partial charge in [0.05, 0.1) is 10.9 Å². The Morgan fingerprint density at radius 2 is 1.73 bits per heavy atom. The summed E-state index contributed by atoms with van der Waals surface area (Å²) in [7, 11) is 0. The quantitative estimate of drug-likeness (QED) is 0.615. The Morgan fingerprint density at radius 1 is 1.00 bits per heavy atom. The summed E-state index contributed by atoms with van der Waals surface area (Å²) in [5.74, 6) is 0.129. The number of pyridine rings is 2. The molecule has 2 heterocycles. The van der Waals surface area contributed by atoms with E-state index in [9.17, 15) is 13.2 Å². The molecule has 0 bridgehead atoms. The highest BCUT2D eigenvalue weighted by molar-refractivity contribution is 6.34. The zero-order valence-electron chi connectivity index (χ0n) is 10.9. The monoisotopic (exact) mass is 324 g/mol. The minimum Gasteiger partial charge on any atom is -0.438 e. The smallest absolute Gasteiger partial charge is 0.416 e. The number of fused-ring (bicyclic) bond motifs is 1. The third-order valence-corrected chi connectivity index (χ3v) is 3.26. The lowest BCUT2D eigenvalue weighted by molar-refractivity contribution is -0.137. The summed E-state index contributed by atoms with van der Waals surface area (Å²) in [6.45, 7) is 0. The summed E-state index contributed by atoms with van der Waals surface area (Å²) >= 11 is 6.02. The standard InChI is InChI=1S/C15H8ClF3N2O/c16-13-12-9(4-6-20-13)5-7-21-14(12)22-11-3-1-2-10(8-11)15(17,18)19/h1-8H. The minimum absolute atomic E-state index is 0.0229. The van der Waals surface area contributed by atoms with E-state index in [1.165, 1.54) is 24.5 Å². The van der Waals surface area contributed by atoms with Crippen LogP contribution in [0.5, 0.6) is 11.6 Å². The first-order chi connectivity index (χ1) is 10.4. The first kappa shape index (κ1) is 14.6. The topological polar surface area (TPSA) is 35.0 Å². The predicted molar refractivity (Wildman–Crippen MR) is 76.1 cm³/mol. The molecule has 0 saturated heterocycles. The number of rotatable bonds is 2. The lowest BCUT2D eigenvalue weighted by Crippen LogP contribution is -2.04. The SMILES string of the molecule is FC(F)(F)c1cccc(Oc2nccc3ccnc(Cl)c23)c1. The van der Waals surface area contributed by atoms with Crippen LogP contribution in [0.15, 0.2) is 48.8 Å². The van der Waals surface area contributed by atoms with Crippen LogP contribution in [0.4, 0.5) is 13.2 Å². The van der Waals surface area contributed by atoms with E-state index in [0.717, 1.165) is 17.5 Å². The first-order valence-corrected chi connectivity index (χ1v) is 6.57. The van der Waals surface area contributed by atoms with Crippen molar-refractivity contribution in [3.8, 4) is 11.6 Å². The Balaban J connectivity index is 2.04. The second-order valence-electron chi connectivity index (χ2n) is 4.44. The lowest BCUT2D eigenvalue weighted by atomic mass is 10.2. The fourth-order valence-corrected chi connectivity index (χ4v) is 2.22. The van der Waals surface area contributed by atoms with Crippen LogP contribution in [0.25, 0.3) is 10.8 Å². The van der Waals surface area contributed by atoms with Gasteiger partial charge in [0, 0.05) is 12.4 Å².